The lowest BCUT2D eigenvalue weighted by molar-refractivity contribution is -0.145. The lowest BCUT2D eigenvalue weighted by atomic mass is 9.97. The molecular weight excluding hydrogens is 364 g/mol. The minimum Gasteiger partial charge on any atom is -0.481 e. The first-order chi connectivity index (χ1) is 13.4. The van der Waals surface area contributed by atoms with Gasteiger partial charge < -0.3 is 19.4 Å². The number of rotatable bonds is 5. The number of likely N-dealkylation sites (N-methyl/N-ethyl adjacent to an activating group) is 1. The van der Waals surface area contributed by atoms with Gasteiger partial charge in [-0.25, -0.2) is 0 Å². The molecule has 0 aliphatic carbocycles. The fourth-order valence-corrected chi connectivity index (χ4v) is 3.22. The average Bonchev–Trinajstić information content (AvgIpc) is 3.13. The van der Waals surface area contributed by atoms with E-state index in [4.69, 9.17) is 9.63 Å². The third kappa shape index (κ3) is 4.19. The highest BCUT2D eigenvalue weighted by Crippen LogP contribution is 2.23. The largest absolute Gasteiger partial charge is 0.481 e. The summed E-state index contributed by atoms with van der Waals surface area (Å²) in [5, 5.41) is 12.8. The van der Waals surface area contributed by atoms with Crippen LogP contribution in [0.4, 0.5) is 0 Å². The van der Waals surface area contributed by atoms with E-state index in [0.29, 0.717) is 42.9 Å². The van der Waals surface area contributed by atoms with Gasteiger partial charge in [-0.2, -0.15) is 4.98 Å². The van der Waals surface area contributed by atoms with Crippen molar-refractivity contribution in [3.8, 4) is 11.5 Å². The van der Waals surface area contributed by atoms with Crippen LogP contribution in [0.1, 0.15) is 29.0 Å². The first-order valence-corrected chi connectivity index (χ1v) is 9.02. The number of nitrogens with zero attached hydrogens (tertiary/aromatic N) is 4. The van der Waals surface area contributed by atoms with E-state index in [1.54, 1.807) is 43.1 Å². The molecule has 1 aromatic heterocycles. The van der Waals surface area contributed by atoms with Gasteiger partial charge in [-0.15, -0.1) is 0 Å². The molecule has 0 unspecified atom stereocenters. The Hall–Kier alpha value is -3.23. The highest BCUT2D eigenvalue weighted by atomic mass is 16.5. The summed E-state index contributed by atoms with van der Waals surface area (Å²) in [5.74, 6) is -1.06. The number of carboxylic acids is 1. The average molecular weight is 386 g/mol. The summed E-state index contributed by atoms with van der Waals surface area (Å²) >= 11 is 0. The first-order valence-electron chi connectivity index (χ1n) is 9.02. The van der Waals surface area contributed by atoms with Gasteiger partial charge in [0.1, 0.15) is 0 Å². The zero-order valence-electron chi connectivity index (χ0n) is 15.8. The Morgan fingerprint density at radius 1 is 1.25 bits per heavy atom. The fourth-order valence-electron chi connectivity index (χ4n) is 3.22. The molecule has 28 heavy (non-hydrogen) atoms. The minimum absolute atomic E-state index is 0.0895. The summed E-state index contributed by atoms with van der Waals surface area (Å²) in [6, 6.07) is 6.86. The zero-order chi connectivity index (χ0) is 20.3. The Morgan fingerprint density at radius 2 is 1.93 bits per heavy atom. The number of aromatic nitrogens is 2. The molecule has 3 rings (SSSR count). The molecule has 1 fully saturated rings. The van der Waals surface area contributed by atoms with E-state index < -0.39 is 11.9 Å². The fraction of sp³-hybridized carbons (Fsp3) is 0.421. The third-order valence-corrected chi connectivity index (χ3v) is 4.83. The summed E-state index contributed by atoms with van der Waals surface area (Å²) in [5.41, 5.74) is 0.876. The van der Waals surface area contributed by atoms with Gasteiger partial charge in [0.15, 0.2) is 5.82 Å². The lowest BCUT2D eigenvalue weighted by Crippen LogP contribution is -2.45. The molecule has 1 aliphatic heterocycles. The van der Waals surface area contributed by atoms with E-state index in [1.807, 2.05) is 0 Å². The Balaban J connectivity index is 1.67. The predicted molar refractivity (Wildman–Crippen MR) is 98.4 cm³/mol. The normalized spacial score (nSPS) is 14.7. The summed E-state index contributed by atoms with van der Waals surface area (Å²) in [6.45, 7) is 2.37. The Morgan fingerprint density at radius 3 is 2.54 bits per heavy atom. The van der Waals surface area contributed by atoms with Crippen molar-refractivity contribution in [2.75, 3.05) is 26.7 Å². The van der Waals surface area contributed by atoms with Crippen molar-refractivity contribution in [1.82, 2.24) is 19.9 Å². The molecule has 1 aliphatic rings. The molecule has 1 N–H and O–H groups in total. The molecule has 0 bridgehead atoms. The van der Waals surface area contributed by atoms with Gasteiger partial charge in [0, 0.05) is 20.1 Å². The van der Waals surface area contributed by atoms with Crippen LogP contribution in [-0.2, 0) is 9.59 Å². The van der Waals surface area contributed by atoms with Crippen LogP contribution >= 0.6 is 0 Å². The maximum Gasteiger partial charge on any atom is 0.306 e. The number of aryl methyl sites for hydroxylation is 1. The topological polar surface area (TPSA) is 117 Å². The second-order valence-electron chi connectivity index (χ2n) is 6.85. The Kier molecular flexibility index (Phi) is 5.72. The first kappa shape index (κ1) is 19.5. The van der Waals surface area contributed by atoms with Crippen LogP contribution in [0.25, 0.3) is 11.5 Å². The van der Waals surface area contributed by atoms with Gasteiger partial charge in [-0.1, -0.05) is 17.3 Å². The highest BCUT2D eigenvalue weighted by Gasteiger charge is 2.28. The highest BCUT2D eigenvalue weighted by molar-refractivity contribution is 6.01. The van der Waals surface area contributed by atoms with Gasteiger partial charge in [0.2, 0.25) is 5.91 Å². The van der Waals surface area contributed by atoms with Crippen molar-refractivity contribution in [3.63, 3.8) is 0 Å². The van der Waals surface area contributed by atoms with E-state index >= 15 is 0 Å². The van der Waals surface area contributed by atoms with Crippen LogP contribution in [-0.4, -0.2) is 69.5 Å². The molecule has 0 spiro atoms. The van der Waals surface area contributed by atoms with E-state index in [1.165, 1.54) is 4.90 Å². The summed E-state index contributed by atoms with van der Waals surface area (Å²) in [7, 11) is 1.56. The number of aliphatic carboxylic acids is 1. The SMILES string of the molecule is Cc1noc(-c2ccccc2C(=O)N(C)CC(=O)N2CCC(C(=O)O)CC2)n1. The molecule has 2 heterocycles. The van der Waals surface area contributed by atoms with Gasteiger partial charge >= 0.3 is 5.97 Å². The number of benzene rings is 1. The number of piperidine rings is 1. The number of amides is 2. The second kappa shape index (κ2) is 8.20. The van der Waals surface area contributed by atoms with Crippen molar-refractivity contribution >= 4 is 17.8 Å². The predicted octanol–water partition coefficient (Wildman–Crippen LogP) is 1.44. The van der Waals surface area contributed by atoms with Crippen molar-refractivity contribution in [2.45, 2.75) is 19.8 Å². The van der Waals surface area contributed by atoms with Gasteiger partial charge in [-0.3, -0.25) is 14.4 Å². The lowest BCUT2D eigenvalue weighted by Gasteiger charge is -2.31. The van der Waals surface area contributed by atoms with Crippen molar-refractivity contribution in [3.05, 3.63) is 35.7 Å². The Bertz CT molecular complexity index is 886. The van der Waals surface area contributed by atoms with Crippen LogP contribution < -0.4 is 0 Å². The summed E-state index contributed by atoms with van der Waals surface area (Å²) in [4.78, 5) is 43.6. The van der Waals surface area contributed by atoms with Crippen molar-refractivity contribution in [2.24, 2.45) is 5.92 Å². The van der Waals surface area contributed by atoms with Gasteiger partial charge in [0.05, 0.1) is 23.6 Å². The molecular formula is C19H22N4O5. The van der Waals surface area contributed by atoms with Crippen LogP contribution in [0, 0.1) is 12.8 Å². The third-order valence-electron chi connectivity index (χ3n) is 4.83. The summed E-state index contributed by atoms with van der Waals surface area (Å²) in [6.07, 6.45) is 0.857. The number of carboxylic acid groups (broad SMARTS) is 1. The molecule has 9 heteroatoms. The number of likely N-dealkylation sites (tertiary alicyclic amines) is 1. The van der Waals surface area contributed by atoms with E-state index in [0.717, 1.165) is 0 Å². The van der Waals surface area contributed by atoms with Crippen molar-refractivity contribution < 1.29 is 24.0 Å². The standard InChI is InChI=1S/C19H22N4O5/c1-12-20-17(28-21-12)14-5-3-4-6-15(14)18(25)22(2)11-16(24)23-9-7-13(8-10-23)19(26)27/h3-6,13H,7-11H2,1-2H3,(H,26,27). The van der Waals surface area contributed by atoms with Crippen molar-refractivity contribution in [1.29, 1.82) is 0 Å². The Labute approximate surface area is 161 Å². The number of carbonyl (C=O) groups is 3. The molecule has 2 aromatic rings. The van der Waals surface area contributed by atoms with Gasteiger partial charge in [0.25, 0.3) is 11.8 Å². The quantitative estimate of drug-likeness (QED) is 0.826. The molecule has 0 atom stereocenters. The number of hydrogen-bond donors (Lipinski definition) is 1. The molecule has 0 saturated carbocycles. The molecule has 0 radical (unpaired) electrons. The zero-order valence-corrected chi connectivity index (χ0v) is 15.8. The number of carbonyl (C=O) groups excluding carboxylic acids is 2. The van der Waals surface area contributed by atoms with Crippen LogP contribution in [0.3, 0.4) is 0 Å². The maximum absolute atomic E-state index is 12.9. The smallest absolute Gasteiger partial charge is 0.306 e. The molecule has 148 valence electrons. The number of hydrogen-bond acceptors (Lipinski definition) is 6. The second-order valence-corrected chi connectivity index (χ2v) is 6.85. The maximum atomic E-state index is 12.9. The van der Waals surface area contributed by atoms with E-state index in [9.17, 15) is 14.4 Å². The molecule has 1 aromatic carbocycles. The van der Waals surface area contributed by atoms with Crippen LogP contribution in [0.2, 0.25) is 0 Å². The molecule has 2 amide bonds. The van der Waals surface area contributed by atoms with Gasteiger partial charge in [-0.05, 0) is 31.9 Å². The molecule has 9 nitrogen and oxygen atoms in total. The van der Waals surface area contributed by atoms with E-state index in [-0.39, 0.29) is 24.2 Å². The van der Waals surface area contributed by atoms with E-state index in [2.05, 4.69) is 10.1 Å². The summed E-state index contributed by atoms with van der Waals surface area (Å²) < 4.78 is 5.17. The monoisotopic (exact) mass is 386 g/mol. The minimum atomic E-state index is -0.827. The van der Waals surface area contributed by atoms with Crippen LogP contribution in [0.5, 0.6) is 0 Å². The molecule has 1 saturated heterocycles. The van der Waals surface area contributed by atoms with Crippen LogP contribution in [0.15, 0.2) is 28.8 Å².